The Balaban J connectivity index is 1.95. The molecule has 0 atom stereocenters. The summed E-state index contributed by atoms with van der Waals surface area (Å²) in [4.78, 5) is 27.3. The molecular weight excluding hydrogens is 384 g/mol. The number of rotatable bonds is 10. The Morgan fingerprint density at radius 2 is 1.40 bits per heavy atom. The van der Waals surface area contributed by atoms with Crippen LogP contribution in [0.3, 0.4) is 0 Å². The van der Waals surface area contributed by atoms with Crippen molar-refractivity contribution in [1.82, 2.24) is 4.90 Å². The number of carbonyl (C=O) groups is 2. The van der Waals surface area contributed by atoms with Crippen molar-refractivity contribution < 1.29 is 23.8 Å². The molecule has 158 valence electrons. The first-order valence-electron chi connectivity index (χ1n) is 9.91. The van der Waals surface area contributed by atoms with Crippen LogP contribution < -0.4 is 14.8 Å². The molecule has 2 amide bonds. The van der Waals surface area contributed by atoms with Gasteiger partial charge in [0, 0.05) is 12.8 Å². The Hall–Kier alpha value is -3.32. The van der Waals surface area contributed by atoms with Gasteiger partial charge in [0.25, 0.3) is 11.8 Å². The van der Waals surface area contributed by atoms with Crippen LogP contribution in [0.2, 0.25) is 0 Å². The van der Waals surface area contributed by atoms with Crippen molar-refractivity contribution >= 4 is 23.1 Å². The molecule has 0 spiro atoms. The standard InChI is InChI=1S/C23H26N2O5/c1-4-29-18-10-6-16(7-11-18)20-21(23(27)25(22(20)26)14-15-28-3)24-17-8-12-19(13-9-17)30-5-2/h6-13,24H,4-5,14-15H2,1-3H3. The summed E-state index contributed by atoms with van der Waals surface area (Å²) >= 11 is 0. The number of imide groups is 1. The van der Waals surface area contributed by atoms with Crippen molar-refractivity contribution in [2.24, 2.45) is 0 Å². The van der Waals surface area contributed by atoms with Crippen LogP contribution in [0.25, 0.3) is 5.57 Å². The predicted octanol–water partition coefficient (Wildman–Crippen LogP) is 3.32. The second-order valence-electron chi connectivity index (χ2n) is 6.54. The van der Waals surface area contributed by atoms with Gasteiger partial charge in [0.15, 0.2) is 0 Å². The van der Waals surface area contributed by atoms with E-state index in [4.69, 9.17) is 14.2 Å². The van der Waals surface area contributed by atoms with Gasteiger partial charge >= 0.3 is 0 Å². The first-order valence-corrected chi connectivity index (χ1v) is 9.91. The number of nitrogens with one attached hydrogen (secondary N) is 1. The molecule has 0 aromatic heterocycles. The van der Waals surface area contributed by atoms with Gasteiger partial charge in [-0.15, -0.1) is 0 Å². The molecule has 1 N–H and O–H groups in total. The van der Waals surface area contributed by atoms with Crippen LogP contribution in [-0.4, -0.2) is 50.2 Å². The number of methoxy groups -OCH3 is 1. The number of hydrogen-bond donors (Lipinski definition) is 1. The Morgan fingerprint density at radius 1 is 0.833 bits per heavy atom. The molecule has 2 aromatic carbocycles. The van der Waals surface area contributed by atoms with E-state index in [1.54, 1.807) is 24.3 Å². The van der Waals surface area contributed by atoms with E-state index in [0.717, 1.165) is 5.75 Å². The Bertz CT molecular complexity index is 920. The summed E-state index contributed by atoms with van der Waals surface area (Å²) in [7, 11) is 1.53. The SMILES string of the molecule is CCOc1ccc(NC2=C(c3ccc(OCC)cc3)C(=O)N(CCOC)C2=O)cc1. The summed E-state index contributed by atoms with van der Waals surface area (Å²) in [5.74, 6) is 0.708. The molecule has 0 aliphatic carbocycles. The van der Waals surface area contributed by atoms with Gasteiger partial charge in [0.1, 0.15) is 17.2 Å². The van der Waals surface area contributed by atoms with Crippen LogP contribution in [0.4, 0.5) is 5.69 Å². The normalized spacial score (nSPS) is 13.8. The third kappa shape index (κ3) is 4.63. The van der Waals surface area contributed by atoms with Crippen LogP contribution in [-0.2, 0) is 14.3 Å². The molecule has 0 bridgehead atoms. The van der Waals surface area contributed by atoms with E-state index in [2.05, 4.69) is 5.32 Å². The minimum absolute atomic E-state index is 0.184. The molecular formula is C23H26N2O5. The minimum atomic E-state index is -0.380. The molecule has 1 aliphatic rings. The zero-order valence-electron chi connectivity index (χ0n) is 17.4. The topological polar surface area (TPSA) is 77.1 Å². The van der Waals surface area contributed by atoms with Gasteiger partial charge in [0.2, 0.25) is 0 Å². The highest BCUT2D eigenvalue weighted by Gasteiger charge is 2.38. The first-order chi connectivity index (χ1) is 14.6. The maximum atomic E-state index is 13.1. The minimum Gasteiger partial charge on any atom is -0.494 e. The average molecular weight is 410 g/mol. The second-order valence-corrected chi connectivity index (χ2v) is 6.54. The fraction of sp³-hybridized carbons (Fsp3) is 0.304. The summed E-state index contributed by atoms with van der Waals surface area (Å²) < 4.78 is 16.0. The Labute approximate surface area is 176 Å². The van der Waals surface area contributed by atoms with Gasteiger partial charge in [-0.25, -0.2) is 0 Å². The molecule has 1 aliphatic heterocycles. The number of hydrogen-bond acceptors (Lipinski definition) is 6. The lowest BCUT2D eigenvalue weighted by atomic mass is 10.0. The zero-order chi connectivity index (χ0) is 21.5. The molecule has 7 nitrogen and oxygen atoms in total. The highest BCUT2D eigenvalue weighted by Crippen LogP contribution is 2.31. The summed E-state index contributed by atoms with van der Waals surface area (Å²) in [5.41, 5.74) is 1.90. The first kappa shape index (κ1) is 21.4. The zero-order valence-corrected chi connectivity index (χ0v) is 17.4. The predicted molar refractivity (Wildman–Crippen MR) is 114 cm³/mol. The van der Waals surface area contributed by atoms with Crippen LogP contribution in [0.5, 0.6) is 11.5 Å². The van der Waals surface area contributed by atoms with E-state index in [9.17, 15) is 9.59 Å². The van der Waals surface area contributed by atoms with Crippen LogP contribution in [0.15, 0.2) is 54.2 Å². The maximum absolute atomic E-state index is 13.1. The van der Waals surface area contributed by atoms with E-state index in [-0.39, 0.29) is 30.7 Å². The van der Waals surface area contributed by atoms with Crippen LogP contribution in [0.1, 0.15) is 19.4 Å². The fourth-order valence-electron chi connectivity index (χ4n) is 3.18. The summed E-state index contributed by atoms with van der Waals surface area (Å²) in [6, 6.07) is 14.4. The van der Waals surface area contributed by atoms with E-state index in [1.807, 2.05) is 38.1 Å². The maximum Gasteiger partial charge on any atom is 0.278 e. The molecule has 7 heteroatoms. The van der Waals surface area contributed by atoms with Crippen molar-refractivity contribution in [3.05, 3.63) is 59.8 Å². The molecule has 2 aromatic rings. The Kier molecular flexibility index (Phi) is 7.08. The molecule has 0 saturated heterocycles. The third-order valence-electron chi connectivity index (χ3n) is 4.58. The average Bonchev–Trinajstić information content (AvgIpc) is 2.98. The van der Waals surface area contributed by atoms with Crippen LogP contribution >= 0.6 is 0 Å². The smallest absolute Gasteiger partial charge is 0.278 e. The quantitative estimate of drug-likeness (QED) is 0.606. The molecule has 0 unspecified atom stereocenters. The van der Waals surface area contributed by atoms with Gasteiger partial charge in [-0.1, -0.05) is 12.1 Å². The van der Waals surface area contributed by atoms with Gasteiger partial charge < -0.3 is 19.5 Å². The lowest BCUT2D eigenvalue weighted by Gasteiger charge is -2.14. The Morgan fingerprint density at radius 3 is 1.93 bits per heavy atom. The van der Waals surface area contributed by atoms with Gasteiger partial charge in [-0.3, -0.25) is 14.5 Å². The summed E-state index contributed by atoms with van der Waals surface area (Å²) in [6.45, 7) is 5.39. The number of nitrogens with zero attached hydrogens (tertiary/aromatic N) is 1. The summed E-state index contributed by atoms with van der Waals surface area (Å²) in [5, 5.41) is 3.13. The number of carbonyl (C=O) groups excluding carboxylic acids is 2. The van der Waals surface area contributed by atoms with E-state index in [1.165, 1.54) is 12.0 Å². The highest BCUT2D eigenvalue weighted by atomic mass is 16.5. The lowest BCUT2D eigenvalue weighted by molar-refractivity contribution is -0.137. The monoisotopic (exact) mass is 410 g/mol. The third-order valence-corrected chi connectivity index (χ3v) is 4.58. The molecule has 30 heavy (non-hydrogen) atoms. The van der Waals surface area contributed by atoms with Gasteiger partial charge in [0.05, 0.1) is 31.9 Å². The van der Waals surface area contributed by atoms with E-state index < -0.39 is 0 Å². The number of anilines is 1. The van der Waals surface area contributed by atoms with E-state index in [0.29, 0.717) is 35.8 Å². The molecule has 0 saturated carbocycles. The molecule has 0 fully saturated rings. The van der Waals surface area contributed by atoms with Crippen molar-refractivity contribution in [3.63, 3.8) is 0 Å². The molecule has 1 heterocycles. The van der Waals surface area contributed by atoms with Crippen molar-refractivity contribution in [1.29, 1.82) is 0 Å². The summed E-state index contributed by atoms with van der Waals surface area (Å²) in [6.07, 6.45) is 0. The largest absolute Gasteiger partial charge is 0.494 e. The van der Waals surface area contributed by atoms with Crippen LogP contribution in [0, 0.1) is 0 Å². The number of ether oxygens (including phenoxy) is 3. The molecule has 0 radical (unpaired) electrons. The van der Waals surface area contributed by atoms with Gasteiger partial charge in [-0.2, -0.15) is 0 Å². The van der Waals surface area contributed by atoms with Gasteiger partial charge in [-0.05, 0) is 55.8 Å². The number of amides is 2. The molecule has 3 rings (SSSR count). The fourth-order valence-corrected chi connectivity index (χ4v) is 3.18. The lowest BCUT2D eigenvalue weighted by Crippen LogP contribution is -2.35. The number of benzene rings is 2. The van der Waals surface area contributed by atoms with Crippen molar-refractivity contribution in [3.8, 4) is 11.5 Å². The van der Waals surface area contributed by atoms with Crippen molar-refractivity contribution in [2.45, 2.75) is 13.8 Å². The highest BCUT2D eigenvalue weighted by molar-refractivity contribution is 6.36. The van der Waals surface area contributed by atoms with E-state index >= 15 is 0 Å². The van der Waals surface area contributed by atoms with Crippen molar-refractivity contribution in [2.75, 3.05) is 38.8 Å². The second kappa shape index (κ2) is 9.93.